The van der Waals surface area contributed by atoms with Gasteiger partial charge in [0.15, 0.2) is 0 Å². The Balaban J connectivity index is 1.89. The number of methoxy groups -OCH3 is 1. The first-order valence-corrected chi connectivity index (χ1v) is 12.0. The molecule has 1 aromatic rings. The van der Waals surface area contributed by atoms with Crippen LogP contribution in [0.2, 0.25) is 0 Å². The number of likely N-dealkylation sites (tertiary alicyclic amines) is 1. The lowest BCUT2D eigenvalue weighted by Crippen LogP contribution is -2.50. The summed E-state index contributed by atoms with van der Waals surface area (Å²) < 4.78 is 46.8. The fraction of sp³-hybridized carbons (Fsp3) is 0.680. The minimum absolute atomic E-state index is 0.0560. The van der Waals surface area contributed by atoms with Gasteiger partial charge in [-0.05, 0) is 76.6 Å². The molecule has 1 saturated heterocycles. The second-order valence-electron chi connectivity index (χ2n) is 9.84. The molecule has 9 heteroatoms. The van der Waals surface area contributed by atoms with Gasteiger partial charge in [0.25, 0.3) is 0 Å². The molecule has 4 atom stereocenters. The van der Waals surface area contributed by atoms with E-state index in [-0.39, 0.29) is 35.4 Å². The lowest BCUT2D eigenvalue weighted by molar-refractivity contribution is -0.139. The Kier molecular flexibility index (Phi) is 8.29. The number of amides is 2. The first-order valence-electron chi connectivity index (χ1n) is 12.0. The first-order chi connectivity index (χ1) is 16.0. The summed E-state index contributed by atoms with van der Waals surface area (Å²) in [5.74, 6) is -2.14. The molecule has 1 aromatic carbocycles. The maximum absolute atomic E-state index is 13.8. The molecule has 190 valence electrons. The van der Waals surface area contributed by atoms with Crippen LogP contribution in [-0.4, -0.2) is 67.0 Å². The molecular formula is C25H36F3N3O3. The molecule has 3 rings (SSSR count). The highest BCUT2D eigenvalue weighted by atomic mass is 19.4. The van der Waals surface area contributed by atoms with Gasteiger partial charge in [0.1, 0.15) is 0 Å². The Morgan fingerprint density at radius 3 is 2.56 bits per heavy atom. The lowest BCUT2D eigenvalue weighted by Gasteiger charge is -2.44. The van der Waals surface area contributed by atoms with E-state index >= 15 is 0 Å². The Bertz CT molecular complexity index is 890. The van der Waals surface area contributed by atoms with Crippen molar-refractivity contribution in [2.24, 2.45) is 11.7 Å². The number of ether oxygens (including phenoxy) is 1. The molecule has 1 aliphatic carbocycles. The fourth-order valence-corrected chi connectivity index (χ4v) is 5.71. The van der Waals surface area contributed by atoms with E-state index in [4.69, 9.17) is 10.5 Å². The third kappa shape index (κ3) is 5.40. The number of halogens is 3. The molecule has 2 fully saturated rings. The van der Waals surface area contributed by atoms with Gasteiger partial charge in [0.05, 0.1) is 11.5 Å². The zero-order chi connectivity index (χ0) is 25.2. The molecule has 6 nitrogen and oxygen atoms in total. The molecule has 1 aliphatic heterocycles. The van der Waals surface area contributed by atoms with Crippen molar-refractivity contribution in [1.82, 2.24) is 9.80 Å². The van der Waals surface area contributed by atoms with Crippen LogP contribution in [0.25, 0.3) is 0 Å². The summed E-state index contributed by atoms with van der Waals surface area (Å²) in [4.78, 5) is 29.7. The molecule has 0 bridgehead atoms. The molecular weight excluding hydrogens is 447 g/mol. The summed E-state index contributed by atoms with van der Waals surface area (Å²) in [5.41, 5.74) is 3.95. The number of carbonyl (C=O) groups excluding carboxylic acids is 2. The molecule has 1 heterocycles. The fourth-order valence-electron chi connectivity index (χ4n) is 5.71. The second kappa shape index (κ2) is 10.6. The highest BCUT2D eigenvalue weighted by Crippen LogP contribution is 2.43. The van der Waals surface area contributed by atoms with E-state index in [9.17, 15) is 22.8 Å². The molecule has 1 saturated carbocycles. The van der Waals surface area contributed by atoms with Crippen molar-refractivity contribution < 1.29 is 27.5 Å². The maximum Gasteiger partial charge on any atom is 0.416 e. The SMILES string of the molecule is COCC[C@@H]1C[C@H](N(C)C(C)C)CC[C@@H]1N1CC[C@@H](c2c(C(N)=O)cccc2C(F)(F)F)C1=O. The van der Waals surface area contributed by atoms with E-state index in [1.165, 1.54) is 6.07 Å². The average Bonchev–Trinajstić information content (AvgIpc) is 3.16. The number of alkyl halides is 3. The summed E-state index contributed by atoms with van der Waals surface area (Å²) in [6, 6.07) is 4.09. The van der Waals surface area contributed by atoms with E-state index in [2.05, 4.69) is 25.8 Å². The Hall–Kier alpha value is -2.13. The van der Waals surface area contributed by atoms with E-state index in [1.807, 2.05) is 0 Å². The summed E-state index contributed by atoms with van der Waals surface area (Å²) in [5, 5.41) is 0. The number of hydrogen-bond donors (Lipinski definition) is 1. The van der Waals surface area contributed by atoms with Crippen molar-refractivity contribution in [2.75, 3.05) is 27.3 Å². The summed E-state index contributed by atoms with van der Waals surface area (Å²) >= 11 is 0. The average molecular weight is 484 g/mol. The van der Waals surface area contributed by atoms with Crippen LogP contribution in [0.5, 0.6) is 0 Å². The Morgan fingerprint density at radius 1 is 1.26 bits per heavy atom. The molecule has 2 N–H and O–H groups in total. The van der Waals surface area contributed by atoms with Crippen LogP contribution >= 0.6 is 0 Å². The summed E-state index contributed by atoms with van der Waals surface area (Å²) in [6.45, 7) is 5.23. The smallest absolute Gasteiger partial charge is 0.385 e. The third-order valence-electron chi connectivity index (χ3n) is 7.66. The number of hydrogen-bond acceptors (Lipinski definition) is 4. The standard InChI is InChI=1S/C25H36F3N3O3/c1-15(2)30(3)17-8-9-21(16(14-17)11-13-34-4)31-12-10-19(24(31)33)22-18(23(29)32)6-5-7-20(22)25(26,27)28/h5-7,15-17,19,21H,8-14H2,1-4H3,(H2,29,32)/t16-,17-,19+,21+/m1/s1. The normalized spacial score (nSPS) is 26.0. The van der Waals surface area contributed by atoms with E-state index < -0.39 is 23.6 Å². The van der Waals surface area contributed by atoms with Crippen LogP contribution in [0.4, 0.5) is 13.2 Å². The van der Waals surface area contributed by atoms with Crippen molar-refractivity contribution >= 4 is 11.8 Å². The number of carbonyl (C=O) groups is 2. The van der Waals surface area contributed by atoms with E-state index in [0.717, 1.165) is 37.8 Å². The van der Waals surface area contributed by atoms with Gasteiger partial charge >= 0.3 is 6.18 Å². The number of rotatable bonds is 8. The lowest BCUT2D eigenvalue weighted by atomic mass is 9.78. The molecule has 0 spiro atoms. The molecule has 34 heavy (non-hydrogen) atoms. The Labute approximate surface area is 199 Å². The van der Waals surface area contributed by atoms with E-state index in [1.54, 1.807) is 12.0 Å². The van der Waals surface area contributed by atoms with Gasteiger partial charge in [0, 0.05) is 44.0 Å². The van der Waals surface area contributed by atoms with Crippen LogP contribution in [-0.2, 0) is 15.7 Å². The first kappa shape index (κ1) is 26.5. The van der Waals surface area contributed by atoms with Crippen molar-refractivity contribution in [3.8, 4) is 0 Å². The van der Waals surface area contributed by atoms with Crippen LogP contribution in [0.3, 0.4) is 0 Å². The van der Waals surface area contributed by atoms with E-state index in [0.29, 0.717) is 25.2 Å². The van der Waals surface area contributed by atoms with Gasteiger partial charge in [-0.3, -0.25) is 9.59 Å². The molecule has 0 aromatic heterocycles. The van der Waals surface area contributed by atoms with Gasteiger partial charge in [-0.25, -0.2) is 0 Å². The molecule has 2 aliphatic rings. The van der Waals surface area contributed by atoms with Gasteiger partial charge < -0.3 is 20.3 Å². The predicted octanol–water partition coefficient (Wildman–Crippen LogP) is 4.03. The number of benzene rings is 1. The second-order valence-corrected chi connectivity index (χ2v) is 9.84. The zero-order valence-corrected chi connectivity index (χ0v) is 20.4. The summed E-state index contributed by atoms with van der Waals surface area (Å²) in [6.07, 6.45) is -1.06. The largest absolute Gasteiger partial charge is 0.416 e. The molecule has 2 amide bonds. The van der Waals surface area contributed by atoms with Crippen LogP contribution in [0.15, 0.2) is 18.2 Å². The number of nitrogens with two attached hydrogens (primary N) is 1. The minimum atomic E-state index is -4.69. The van der Waals surface area contributed by atoms with Crippen LogP contribution < -0.4 is 5.73 Å². The predicted molar refractivity (Wildman–Crippen MR) is 123 cm³/mol. The topological polar surface area (TPSA) is 75.9 Å². The molecule has 0 unspecified atom stereocenters. The van der Waals surface area contributed by atoms with Crippen molar-refractivity contribution in [3.05, 3.63) is 34.9 Å². The summed E-state index contributed by atoms with van der Waals surface area (Å²) in [7, 11) is 3.76. The zero-order valence-electron chi connectivity index (χ0n) is 20.4. The van der Waals surface area contributed by atoms with Crippen molar-refractivity contribution in [3.63, 3.8) is 0 Å². The third-order valence-corrected chi connectivity index (χ3v) is 7.66. The van der Waals surface area contributed by atoms with Crippen molar-refractivity contribution in [1.29, 1.82) is 0 Å². The van der Waals surface area contributed by atoms with Gasteiger partial charge in [0.2, 0.25) is 11.8 Å². The maximum atomic E-state index is 13.8. The quantitative estimate of drug-likeness (QED) is 0.606. The van der Waals surface area contributed by atoms with Gasteiger partial charge in [-0.2, -0.15) is 13.2 Å². The van der Waals surface area contributed by atoms with Gasteiger partial charge in [-0.1, -0.05) is 6.07 Å². The number of primary amides is 1. The monoisotopic (exact) mass is 483 g/mol. The van der Waals surface area contributed by atoms with Crippen LogP contribution in [0.1, 0.15) is 73.4 Å². The highest BCUT2D eigenvalue weighted by Gasteiger charge is 2.46. The molecule has 0 radical (unpaired) electrons. The van der Waals surface area contributed by atoms with Crippen molar-refractivity contribution in [2.45, 2.75) is 76.2 Å². The van der Waals surface area contributed by atoms with Gasteiger partial charge in [-0.15, -0.1) is 0 Å². The number of nitrogens with zero attached hydrogens (tertiary/aromatic N) is 2. The van der Waals surface area contributed by atoms with Crippen LogP contribution in [0, 0.1) is 5.92 Å². The highest BCUT2D eigenvalue weighted by molar-refractivity contribution is 5.98. The Morgan fingerprint density at radius 2 is 1.97 bits per heavy atom. The minimum Gasteiger partial charge on any atom is -0.385 e.